The number of rotatable bonds is 2. The Kier molecular flexibility index (Phi) is 16.8. The predicted molar refractivity (Wildman–Crippen MR) is 145 cm³/mol. The Hall–Kier alpha value is 0.432. The van der Waals surface area contributed by atoms with Gasteiger partial charge in [-0.1, -0.05) is 0 Å². The molecule has 2 aromatic carbocycles. The van der Waals surface area contributed by atoms with Crippen LogP contribution in [-0.4, -0.2) is 39.6 Å². The molecule has 32 heavy (non-hydrogen) atoms. The van der Waals surface area contributed by atoms with Crippen molar-refractivity contribution in [2.75, 3.05) is 39.6 Å². The second-order valence-corrected chi connectivity index (χ2v) is 60.8. The normalized spacial score (nSPS) is 17.1. The van der Waals surface area contributed by atoms with Crippen LogP contribution in [0.4, 0.5) is 11.4 Å². The van der Waals surface area contributed by atoms with Crippen LogP contribution in [0.25, 0.3) is 0 Å². The Labute approximate surface area is 214 Å². The molecule has 3 fully saturated rings. The Morgan fingerprint density at radius 3 is 1.00 bits per heavy atom. The number of ether oxygens (including phenoxy) is 3. The van der Waals surface area contributed by atoms with Gasteiger partial charge in [-0.2, -0.15) is 0 Å². The molecule has 176 valence electrons. The topological polar surface area (TPSA) is 52.4 Å². The molecule has 5 nitrogen and oxygen atoms in total. The minimum atomic E-state index is -2.97. The number of hydrogen-bond acceptors (Lipinski definition) is 5. The summed E-state index contributed by atoms with van der Waals surface area (Å²) in [7, 11) is 0. The van der Waals surface area contributed by atoms with Crippen LogP contribution in [-0.2, 0) is 14.2 Å². The summed E-state index contributed by atoms with van der Waals surface area (Å²) in [6, 6.07) is 20.2. The molecule has 0 atom stereocenters. The van der Waals surface area contributed by atoms with Crippen LogP contribution in [0.5, 0.6) is 0 Å². The second kappa shape index (κ2) is 18.7. The monoisotopic (exact) mass is 890 g/mol. The fourth-order valence-electron chi connectivity index (χ4n) is 2.87. The molecular weight excluding hydrogens is 856 g/mol. The summed E-state index contributed by atoms with van der Waals surface area (Å²) in [6.45, 7) is 6.00. The summed E-state index contributed by atoms with van der Waals surface area (Å²) in [5.74, 6) is 0. The van der Waals surface area contributed by atoms with Crippen molar-refractivity contribution in [3.05, 3.63) is 60.7 Å². The Balaban J connectivity index is 0.000000193. The van der Waals surface area contributed by atoms with Crippen molar-refractivity contribution in [1.82, 2.24) is 0 Å². The molecule has 0 spiro atoms. The predicted octanol–water partition coefficient (Wildman–Crippen LogP) is 8.26. The first kappa shape index (κ1) is 28.7. The molecule has 0 aliphatic carbocycles. The van der Waals surface area contributed by atoms with Gasteiger partial charge in [-0.3, -0.25) is 0 Å². The molecule has 8 heteroatoms. The van der Waals surface area contributed by atoms with Gasteiger partial charge in [-0.15, -0.1) is 0 Å². The van der Waals surface area contributed by atoms with E-state index < -0.39 is 14.8 Å². The molecule has 3 saturated heterocycles. The van der Waals surface area contributed by atoms with Crippen molar-refractivity contribution in [1.29, 1.82) is 0 Å². The minimum absolute atomic E-state index is 1.00. The van der Waals surface area contributed by atoms with Crippen LogP contribution < -0.4 is 0 Å². The third kappa shape index (κ3) is 15.4. The maximum absolute atomic E-state index is 4.94. The van der Waals surface area contributed by atoms with E-state index in [4.69, 9.17) is 18.7 Å². The summed E-state index contributed by atoms with van der Waals surface area (Å²) in [5, 5.41) is 0. The summed E-state index contributed by atoms with van der Waals surface area (Å²) >= 11 is 1.96. The van der Waals surface area contributed by atoms with Crippen molar-refractivity contribution >= 4 is 44.9 Å². The number of halogens is 2. The first-order chi connectivity index (χ1) is 15.7. The summed E-state index contributed by atoms with van der Waals surface area (Å²) in [5.41, 5.74) is 2.09. The number of benzene rings is 2. The fourth-order valence-corrected chi connectivity index (χ4v) is 17.3. The van der Waals surface area contributed by atoms with Crippen LogP contribution >= 0.6 is 33.5 Å². The van der Waals surface area contributed by atoms with Gasteiger partial charge >= 0.3 is 125 Å². The molecule has 2 aromatic rings. The first-order valence-corrected chi connectivity index (χ1v) is 38.3. The van der Waals surface area contributed by atoms with Crippen LogP contribution in [0.3, 0.4) is 0 Å². The van der Waals surface area contributed by atoms with Gasteiger partial charge in [0.25, 0.3) is 0 Å². The van der Waals surface area contributed by atoms with E-state index >= 15 is 0 Å². The van der Waals surface area contributed by atoms with Gasteiger partial charge in [0.05, 0.1) is 0 Å². The molecule has 3 aliphatic rings. The molecule has 0 aromatic heterocycles. The molecular formula is C24H34I2N2O3U. The molecule has 0 radical (unpaired) electrons. The van der Waals surface area contributed by atoms with Gasteiger partial charge in [0.15, 0.2) is 0 Å². The van der Waals surface area contributed by atoms with Crippen molar-refractivity contribution < 1.29 is 29.0 Å². The van der Waals surface area contributed by atoms with Gasteiger partial charge in [-0.05, 0) is 38.5 Å². The van der Waals surface area contributed by atoms with Crippen molar-refractivity contribution in [2.45, 2.75) is 38.5 Å². The zero-order valence-electron chi connectivity index (χ0n) is 18.6. The maximum atomic E-state index is 4.94. The molecule has 3 heterocycles. The molecule has 0 bridgehead atoms. The Morgan fingerprint density at radius 1 is 0.500 bits per heavy atom. The van der Waals surface area contributed by atoms with Crippen LogP contribution in [0.1, 0.15) is 38.5 Å². The Morgan fingerprint density at radius 2 is 0.781 bits per heavy atom. The van der Waals surface area contributed by atoms with Gasteiger partial charge < -0.3 is 14.2 Å². The van der Waals surface area contributed by atoms with E-state index in [0.717, 1.165) is 51.0 Å². The van der Waals surface area contributed by atoms with E-state index in [1.165, 1.54) is 38.5 Å². The summed E-state index contributed by atoms with van der Waals surface area (Å²) < 4.78 is 24.5. The van der Waals surface area contributed by atoms with E-state index in [-0.39, 0.29) is 0 Å². The second-order valence-electron chi connectivity index (χ2n) is 7.36. The van der Waals surface area contributed by atoms with Crippen molar-refractivity contribution in [3.8, 4) is 0 Å². The number of hydrogen-bond donors (Lipinski definition) is 0. The first-order valence-electron chi connectivity index (χ1n) is 11.3. The third-order valence-electron chi connectivity index (χ3n) is 4.52. The zero-order chi connectivity index (χ0) is 22.7. The third-order valence-corrected chi connectivity index (χ3v) is 17.9. The molecule has 0 N–H and O–H groups in total. The van der Waals surface area contributed by atoms with Crippen molar-refractivity contribution in [2.24, 2.45) is 4.51 Å². The molecule has 0 amide bonds. The van der Waals surface area contributed by atoms with Crippen LogP contribution in [0.15, 0.2) is 65.2 Å². The zero-order valence-corrected chi connectivity index (χ0v) is 27.1. The molecule has 0 unspecified atom stereocenters. The van der Waals surface area contributed by atoms with E-state index in [9.17, 15) is 0 Å². The average molecular weight is 890 g/mol. The van der Waals surface area contributed by atoms with Gasteiger partial charge in [0.2, 0.25) is 0 Å². The van der Waals surface area contributed by atoms with E-state index in [1.54, 1.807) is 0 Å². The van der Waals surface area contributed by atoms with E-state index in [0.29, 0.717) is 0 Å². The fraction of sp³-hybridized carbons (Fsp3) is 0.500. The molecule has 3 aliphatic heterocycles. The SMILES string of the molecule is C1CCOC1.C1CCOC1.C1CCOC1.[I][U]([I])(=[N]c1ccccc1)=[N]c1ccccc1. The van der Waals surface area contributed by atoms with Gasteiger partial charge in [-0.25, -0.2) is 0 Å². The molecule has 0 saturated carbocycles. The Bertz CT molecular complexity index is 727. The van der Waals surface area contributed by atoms with Crippen LogP contribution in [0.2, 0.25) is 0 Å². The summed E-state index contributed by atoms with van der Waals surface area (Å²) in [4.78, 5) is 0. The van der Waals surface area contributed by atoms with Crippen LogP contribution in [0, 0.1) is 14.8 Å². The van der Waals surface area contributed by atoms with Crippen molar-refractivity contribution in [3.63, 3.8) is 0 Å². The standard InChI is InChI=1S/2C6H5N.3C4H8O.2HI.U/c2*7-6-4-2-1-3-5-6;3*1-2-4-5-3-1;;;/h2*1-5H;3*1-4H2;2*1H;/q;;;;;;;+2/p-2. The number of nitrogens with zero attached hydrogens (tertiary/aromatic N) is 2. The average Bonchev–Trinajstić information content (AvgIpc) is 3.62. The quantitative estimate of drug-likeness (QED) is 0.286. The molecule has 5 rings (SSSR count). The summed E-state index contributed by atoms with van der Waals surface area (Å²) in [6.07, 6.45) is 7.67. The van der Waals surface area contributed by atoms with E-state index in [1.807, 2.05) is 60.7 Å². The van der Waals surface area contributed by atoms with Gasteiger partial charge in [0, 0.05) is 39.6 Å². The van der Waals surface area contributed by atoms with E-state index in [2.05, 4.69) is 33.5 Å². The van der Waals surface area contributed by atoms with Gasteiger partial charge in [0.1, 0.15) is 0 Å².